The maximum atomic E-state index is 9.14. The lowest BCUT2D eigenvalue weighted by molar-refractivity contribution is 0.266. The highest BCUT2D eigenvalue weighted by Crippen LogP contribution is 2.13. The first-order valence-electron chi connectivity index (χ1n) is 6.04. The van der Waals surface area contributed by atoms with Crippen molar-refractivity contribution in [2.24, 2.45) is 0 Å². The van der Waals surface area contributed by atoms with E-state index < -0.39 is 0 Å². The highest BCUT2D eigenvalue weighted by molar-refractivity contribution is 5.24. The quantitative estimate of drug-likeness (QED) is 0.731. The average Bonchev–Trinajstić information content (AvgIpc) is 2.34. The molecule has 1 N–H and O–H groups in total. The SMILES string of the molecule is CCc1cc(CO)cc(OCCCN(C)C)n1. The molecule has 0 aromatic carbocycles. The van der Waals surface area contributed by atoms with Crippen molar-refractivity contribution in [3.05, 3.63) is 23.4 Å². The van der Waals surface area contributed by atoms with Gasteiger partial charge in [0.15, 0.2) is 0 Å². The summed E-state index contributed by atoms with van der Waals surface area (Å²) in [6.07, 6.45) is 1.82. The number of rotatable bonds is 7. The van der Waals surface area contributed by atoms with Crippen LogP contribution in [0.2, 0.25) is 0 Å². The molecule has 1 aromatic heterocycles. The Kier molecular flexibility index (Phi) is 5.94. The van der Waals surface area contributed by atoms with E-state index in [1.807, 2.05) is 27.1 Å². The van der Waals surface area contributed by atoms with Gasteiger partial charge in [-0.1, -0.05) is 6.92 Å². The largest absolute Gasteiger partial charge is 0.478 e. The fourth-order valence-electron chi connectivity index (χ4n) is 1.52. The zero-order valence-corrected chi connectivity index (χ0v) is 10.9. The summed E-state index contributed by atoms with van der Waals surface area (Å²) < 4.78 is 5.59. The fourth-order valence-corrected chi connectivity index (χ4v) is 1.52. The summed E-state index contributed by atoms with van der Waals surface area (Å²) in [4.78, 5) is 6.49. The molecule has 0 atom stereocenters. The van der Waals surface area contributed by atoms with Gasteiger partial charge in [-0.25, -0.2) is 4.98 Å². The molecule has 1 rings (SSSR count). The molecule has 1 heterocycles. The highest BCUT2D eigenvalue weighted by Gasteiger charge is 2.02. The number of hydrogen-bond acceptors (Lipinski definition) is 4. The van der Waals surface area contributed by atoms with Gasteiger partial charge in [-0.3, -0.25) is 0 Å². The van der Waals surface area contributed by atoms with Crippen molar-refractivity contribution in [1.29, 1.82) is 0 Å². The Morgan fingerprint density at radius 1 is 1.35 bits per heavy atom. The van der Waals surface area contributed by atoms with Crippen molar-refractivity contribution in [2.75, 3.05) is 27.2 Å². The predicted molar refractivity (Wildman–Crippen MR) is 68.2 cm³/mol. The first-order valence-corrected chi connectivity index (χ1v) is 6.04. The fraction of sp³-hybridized carbons (Fsp3) is 0.615. The van der Waals surface area contributed by atoms with Crippen molar-refractivity contribution in [3.63, 3.8) is 0 Å². The van der Waals surface area contributed by atoms with Crippen LogP contribution in [0.3, 0.4) is 0 Å². The van der Waals surface area contributed by atoms with Crippen molar-refractivity contribution in [3.8, 4) is 5.88 Å². The van der Waals surface area contributed by atoms with Gasteiger partial charge in [-0.05, 0) is 38.6 Å². The molecule has 96 valence electrons. The minimum Gasteiger partial charge on any atom is -0.478 e. The van der Waals surface area contributed by atoms with Crippen LogP contribution in [0, 0.1) is 0 Å². The van der Waals surface area contributed by atoms with E-state index >= 15 is 0 Å². The second-order valence-electron chi connectivity index (χ2n) is 4.32. The Bertz CT molecular complexity index is 318. The Morgan fingerprint density at radius 2 is 2.12 bits per heavy atom. The maximum Gasteiger partial charge on any atom is 0.213 e. The third-order valence-corrected chi connectivity index (χ3v) is 2.46. The molecule has 1 aromatic rings. The second-order valence-corrected chi connectivity index (χ2v) is 4.32. The van der Waals surface area contributed by atoms with Crippen LogP contribution in [0.15, 0.2) is 12.1 Å². The summed E-state index contributed by atoms with van der Waals surface area (Å²) in [5.41, 5.74) is 1.82. The number of nitrogens with zero attached hydrogens (tertiary/aromatic N) is 2. The maximum absolute atomic E-state index is 9.14. The number of ether oxygens (including phenoxy) is 1. The summed E-state index contributed by atoms with van der Waals surface area (Å²) in [5.74, 6) is 0.618. The molecule has 17 heavy (non-hydrogen) atoms. The van der Waals surface area contributed by atoms with Crippen LogP contribution in [0.5, 0.6) is 5.88 Å². The third kappa shape index (κ3) is 5.15. The Hall–Kier alpha value is -1.13. The lowest BCUT2D eigenvalue weighted by Crippen LogP contribution is -2.15. The minimum absolute atomic E-state index is 0.0313. The summed E-state index contributed by atoms with van der Waals surface area (Å²) in [6.45, 7) is 3.73. The number of hydrogen-bond donors (Lipinski definition) is 1. The average molecular weight is 238 g/mol. The zero-order chi connectivity index (χ0) is 12.7. The van der Waals surface area contributed by atoms with Crippen LogP contribution in [-0.2, 0) is 13.0 Å². The van der Waals surface area contributed by atoms with Crippen molar-refractivity contribution in [2.45, 2.75) is 26.4 Å². The molecule has 0 saturated carbocycles. The van der Waals surface area contributed by atoms with Crippen LogP contribution < -0.4 is 4.74 Å². The Balaban J connectivity index is 2.51. The van der Waals surface area contributed by atoms with E-state index in [1.54, 1.807) is 6.07 Å². The molecule has 0 bridgehead atoms. The van der Waals surface area contributed by atoms with Crippen LogP contribution in [0.1, 0.15) is 24.6 Å². The van der Waals surface area contributed by atoms with E-state index in [9.17, 15) is 0 Å². The van der Waals surface area contributed by atoms with E-state index in [4.69, 9.17) is 9.84 Å². The highest BCUT2D eigenvalue weighted by atomic mass is 16.5. The van der Waals surface area contributed by atoms with Gasteiger partial charge in [-0.15, -0.1) is 0 Å². The Morgan fingerprint density at radius 3 is 2.71 bits per heavy atom. The van der Waals surface area contributed by atoms with E-state index in [0.717, 1.165) is 30.6 Å². The molecular formula is C13H22N2O2. The number of aryl methyl sites for hydroxylation is 1. The standard InChI is InChI=1S/C13H22N2O2/c1-4-12-8-11(10-16)9-13(14-12)17-7-5-6-15(2)3/h8-9,16H,4-7,10H2,1-3H3. The molecule has 0 aliphatic heterocycles. The van der Waals surface area contributed by atoms with Gasteiger partial charge < -0.3 is 14.7 Å². The van der Waals surface area contributed by atoms with Crippen LogP contribution in [0.25, 0.3) is 0 Å². The smallest absolute Gasteiger partial charge is 0.213 e. The molecule has 4 nitrogen and oxygen atoms in total. The lowest BCUT2D eigenvalue weighted by atomic mass is 10.2. The number of pyridine rings is 1. The molecule has 0 fully saturated rings. The lowest BCUT2D eigenvalue weighted by Gasteiger charge is -2.11. The van der Waals surface area contributed by atoms with E-state index in [0.29, 0.717) is 12.5 Å². The van der Waals surface area contributed by atoms with Crippen LogP contribution in [-0.4, -0.2) is 42.2 Å². The zero-order valence-electron chi connectivity index (χ0n) is 10.9. The van der Waals surface area contributed by atoms with Gasteiger partial charge in [0, 0.05) is 18.3 Å². The van der Waals surface area contributed by atoms with E-state index in [2.05, 4.69) is 9.88 Å². The van der Waals surface area contributed by atoms with Crippen LogP contribution >= 0.6 is 0 Å². The number of aliphatic hydroxyl groups is 1. The molecule has 4 heteroatoms. The summed E-state index contributed by atoms with van der Waals surface area (Å²) in [6, 6.07) is 3.71. The van der Waals surface area contributed by atoms with Crippen LogP contribution in [0.4, 0.5) is 0 Å². The van der Waals surface area contributed by atoms with Gasteiger partial charge in [0.1, 0.15) is 0 Å². The first-order chi connectivity index (χ1) is 8.15. The topological polar surface area (TPSA) is 45.6 Å². The van der Waals surface area contributed by atoms with Crippen molar-refractivity contribution >= 4 is 0 Å². The summed E-state index contributed by atoms with van der Waals surface area (Å²) in [7, 11) is 4.08. The number of aromatic nitrogens is 1. The van der Waals surface area contributed by atoms with Crippen molar-refractivity contribution < 1.29 is 9.84 Å². The summed E-state index contributed by atoms with van der Waals surface area (Å²) >= 11 is 0. The van der Waals surface area contributed by atoms with Gasteiger partial charge in [0.05, 0.1) is 13.2 Å². The molecule has 0 spiro atoms. The first kappa shape index (κ1) is 13.9. The Labute approximate surface area is 103 Å². The molecule has 0 saturated heterocycles. The van der Waals surface area contributed by atoms with Gasteiger partial charge in [0.25, 0.3) is 0 Å². The monoisotopic (exact) mass is 238 g/mol. The van der Waals surface area contributed by atoms with E-state index in [1.165, 1.54) is 0 Å². The van der Waals surface area contributed by atoms with Gasteiger partial charge in [-0.2, -0.15) is 0 Å². The van der Waals surface area contributed by atoms with Gasteiger partial charge >= 0.3 is 0 Å². The second kappa shape index (κ2) is 7.25. The van der Waals surface area contributed by atoms with Crippen molar-refractivity contribution in [1.82, 2.24) is 9.88 Å². The number of aliphatic hydroxyl groups excluding tert-OH is 1. The van der Waals surface area contributed by atoms with E-state index in [-0.39, 0.29) is 6.61 Å². The normalized spacial score (nSPS) is 10.9. The molecule has 0 aliphatic rings. The molecule has 0 unspecified atom stereocenters. The molecule has 0 amide bonds. The minimum atomic E-state index is 0.0313. The molecule has 0 aliphatic carbocycles. The summed E-state index contributed by atoms with van der Waals surface area (Å²) in [5, 5.41) is 9.14. The van der Waals surface area contributed by atoms with Gasteiger partial charge in [0.2, 0.25) is 5.88 Å². The predicted octanol–water partition coefficient (Wildman–Crippen LogP) is 1.47. The molecular weight excluding hydrogens is 216 g/mol. The third-order valence-electron chi connectivity index (χ3n) is 2.46. The molecule has 0 radical (unpaired) electrons.